The number of anilines is 2. The van der Waals surface area contributed by atoms with Crippen molar-refractivity contribution >= 4 is 40.0 Å². The zero-order valence-corrected chi connectivity index (χ0v) is 15.1. The van der Waals surface area contributed by atoms with E-state index >= 15 is 0 Å². The third-order valence-corrected chi connectivity index (χ3v) is 3.89. The van der Waals surface area contributed by atoms with Crippen LogP contribution in [0.15, 0.2) is 36.4 Å². The highest BCUT2D eigenvalue weighted by atomic mass is 35.5. The Labute approximate surface area is 154 Å². The molecule has 0 aliphatic heterocycles. The number of aromatic nitrogens is 2. The molecule has 0 saturated carbocycles. The standard InChI is InChI=1S/C18H16ClN3O4/c1-24-14-8-12-13(9-15(14)25-2)21-18(19)22-16(12)20-11-6-4-5-10(7-11)17(23)26-3/h4-9H,1-3H3,(H,20,21,22). The zero-order chi connectivity index (χ0) is 18.7. The van der Waals surface area contributed by atoms with Crippen molar-refractivity contribution in [3.8, 4) is 11.5 Å². The molecular weight excluding hydrogens is 358 g/mol. The molecule has 0 bridgehead atoms. The Morgan fingerprint density at radius 1 is 1.04 bits per heavy atom. The molecule has 1 heterocycles. The Hall–Kier alpha value is -3.06. The van der Waals surface area contributed by atoms with Crippen LogP contribution < -0.4 is 14.8 Å². The van der Waals surface area contributed by atoms with E-state index in [0.717, 1.165) is 0 Å². The van der Waals surface area contributed by atoms with Crippen molar-refractivity contribution in [3.05, 3.63) is 47.2 Å². The summed E-state index contributed by atoms with van der Waals surface area (Å²) in [5, 5.41) is 3.93. The minimum absolute atomic E-state index is 0.0799. The smallest absolute Gasteiger partial charge is 0.337 e. The van der Waals surface area contributed by atoms with E-state index in [1.54, 1.807) is 50.6 Å². The van der Waals surface area contributed by atoms with Gasteiger partial charge in [-0.15, -0.1) is 0 Å². The van der Waals surface area contributed by atoms with E-state index in [9.17, 15) is 4.79 Å². The number of esters is 1. The number of ether oxygens (including phenoxy) is 3. The number of hydrogen-bond donors (Lipinski definition) is 1. The Morgan fingerprint density at radius 2 is 1.77 bits per heavy atom. The first kappa shape index (κ1) is 17.8. The predicted molar refractivity (Wildman–Crippen MR) is 98.7 cm³/mol. The molecule has 0 atom stereocenters. The van der Waals surface area contributed by atoms with Crippen molar-refractivity contribution in [2.75, 3.05) is 26.6 Å². The second kappa shape index (κ2) is 7.45. The number of hydrogen-bond acceptors (Lipinski definition) is 7. The van der Waals surface area contributed by atoms with Crippen LogP contribution >= 0.6 is 11.6 Å². The molecule has 0 unspecified atom stereocenters. The lowest BCUT2D eigenvalue weighted by Crippen LogP contribution is -2.03. The van der Waals surface area contributed by atoms with Gasteiger partial charge < -0.3 is 19.5 Å². The van der Waals surface area contributed by atoms with E-state index in [-0.39, 0.29) is 5.28 Å². The second-order valence-corrected chi connectivity index (χ2v) is 5.60. The molecule has 3 rings (SSSR count). The van der Waals surface area contributed by atoms with Gasteiger partial charge >= 0.3 is 5.97 Å². The summed E-state index contributed by atoms with van der Waals surface area (Å²) < 4.78 is 15.4. The summed E-state index contributed by atoms with van der Waals surface area (Å²) in [5.41, 5.74) is 1.66. The van der Waals surface area contributed by atoms with Crippen molar-refractivity contribution < 1.29 is 19.0 Å². The number of fused-ring (bicyclic) bond motifs is 1. The molecule has 1 N–H and O–H groups in total. The topological polar surface area (TPSA) is 82.6 Å². The number of halogens is 1. The van der Waals surface area contributed by atoms with Crippen LogP contribution in [0.3, 0.4) is 0 Å². The molecule has 8 heteroatoms. The van der Waals surface area contributed by atoms with Crippen molar-refractivity contribution in [1.82, 2.24) is 9.97 Å². The molecule has 3 aromatic rings. The van der Waals surface area contributed by atoms with E-state index < -0.39 is 5.97 Å². The van der Waals surface area contributed by atoms with E-state index in [1.165, 1.54) is 7.11 Å². The lowest BCUT2D eigenvalue weighted by molar-refractivity contribution is 0.0601. The molecule has 26 heavy (non-hydrogen) atoms. The lowest BCUT2D eigenvalue weighted by Gasteiger charge is -2.13. The van der Waals surface area contributed by atoms with Gasteiger partial charge in [-0.2, -0.15) is 4.98 Å². The number of benzene rings is 2. The van der Waals surface area contributed by atoms with E-state index in [2.05, 4.69) is 15.3 Å². The monoisotopic (exact) mass is 373 g/mol. The zero-order valence-electron chi connectivity index (χ0n) is 14.4. The lowest BCUT2D eigenvalue weighted by atomic mass is 10.2. The fraction of sp³-hybridized carbons (Fsp3) is 0.167. The fourth-order valence-corrected chi connectivity index (χ4v) is 2.68. The highest BCUT2D eigenvalue weighted by molar-refractivity contribution is 6.28. The third kappa shape index (κ3) is 3.48. The SMILES string of the molecule is COC(=O)c1cccc(Nc2nc(Cl)nc3cc(OC)c(OC)cc23)c1. The van der Waals surface area contributed by atoms with Crippen LogP contribution in [-0.2, 0) is 4.74 Å². The van der Waals surface area contributed by atoms with Gasteiger partial charge in [-0.1, -0.05) is 6.07 Å². The van der Waals surface area contributed by atoms with Gasteiger partial charge in [0.15, 0.2) is 11.5 Å². The number of nitrogens with one attached hydrogen (secondary N) is 1. The van der Waals surface area contributed by atoms with Crippen LogP contribution in [0.5, 0.6) is 11.5 Å². The van der Waals surface area contributed by atoms with Crippen LogP contribution in [0.2, 0.25) is 5.28 Å². The Balaban J connectivity index is 2.08. The molecule has 0 fully saturated rings. The van der Waals surface area contributed by atoms with Gasteiger partial charge in [0.05, 0.1) is 32.4 Å². The molecule has 134 valence electrons. The molecule has 0 amide bonds. The molecule has 0 radical (unpaired) electrons. The fourth-order valence-electron chi connectivity index (χ4n) is 2.50. The number of nitrogens with zero attached hydrogens (tertiary/aromatic N) is 2. The molecule has 0 aliphatic rings. The first-order valence-electron chi connectivity index (χ1n) is 7.60. The number of rotatable bonds is 5. The summed E-state index contributed by atoms with van der Waals surface area (Å²) >= 11 is 6.06. The van der Waals surface area contributed by atoms with Gasteiger partial charge in [-0.25, -0.2) is 9.78 Å². The Bertz CT molecular complexity index is 978. The summed E-state index contributed by atoms with van der Waals surface area (Å²) in [4.78, 5) is 20.2. The minimum Gasteiger partial charge on any atom is -0.493 e. The van der Waals surface area contributed by atoms with Gasteiger partial charge in [-0.3, -0.25) is 0 Å². The van der Waals surface area contributed by atoms with Crippen molar-refractivity contribution in [2.24, 2.45) is 0 Å². The summed E-state index contributed by atoms with van der Waals surface area (Å²) in [6.45, 7) is 0. The van der Waals surface area contributed by atoms with Crippen LogP contribution in [-0.4, -0.2) is 37.3 Å². The van der Waals surface area contributed by atoms with E-state index in [1.807, 2.05) is 0 Å². The highest BCUT2D eigenvalue weighted by Crippen LogP contribution is 2.35. The third-order valence-electron chi connectivity index (χ3n) is 3.72. The Morgan fingerprint density at radius 3 is 2.46 bits per heavy atom. The maximum Gasteiger partial charge on any atom is 0.337 e. The highest BCUT2D eigenvalue weighted by Gasteiger charge is 2.14. The van der Waals surface area contributed by atoms with Gasteiger partial charge in [0.2, 0.25) is 5.28 Å². The average Bonchev–Trinajstić information content (AvgIpc) is 2.66. The molecule has 0 aliphatic carbocycles. The van der Waals surface area contributed by atoms with Gasteiger partial charge in [-0.05, 0) is 35.9 Å². The first-order valence-corrected chi connectivity index (χ1v) is 7.98. The summed E-state index contributed by atoms with van der Waals surface area (Å²) in [5.74, 6) is 1.12. The molecule has 0 spiro atoms. The van der Waals surface area contributed by atoms with Crippen LogP contribution in [0.1, 0.15) is 10.4 Å². The van der Waals surface area contributed by atoms with Crippen LogP contribution in [0.4, 0.5) is 11.5 Å². The normalized spacial score (nSPS) is 10.5. The van der Waals surface area contributed by atoms with Gasteiger partial charge in [0.1, 0.15) is 5.82 Å². The van der Waals surface area contributed by atoms with Gasteiger partial charge in [0, 0.05) is 17.1 Å². The molecule has 2 aromatic carbocycles. The van der Waals surface area contributed by atoms with Crippen LogP contribution in [0.25, 0.3) is 10.9 Å². The van der Waals surface area contributed by atoms with E-state index in [4.69, 9.17) is 25.8 Å². The van der Waals surface area contributed by atoms with Crippen molar-refractivity contribution in [2.45, 2.75) is 0 Å². The van der Waals surface area contributed by atoms with Crippen LogP contribution in [0, 0.1) is 0 Å². The quantitative estimate of drug-likeness (QED) is 0.537. The number of carbonyl (C=O) groups is 1. The number of carbonyl (C=O) groups excluding carboxylic acids is 1. The summed E-state index contributed by atoms with van der Waals surface area (Å²) in [7, 11) is 4.43. The largest absolute Gasteiger partial charge is 0.493 e. The second-order valence-electron chi connectivity index (χ2n) is 5.26. The van der Waals surface area contributed by atoms with Crippen molar-refractivity contribution in [1.29, 1.82) is 0 Å². The predicted octanol–water partition coefficient (Wildman–Crippen LogP) is 3.83. The number of methoxy groups -OCH3 is 3. The molecular formula is C18H16ClN3O4. The summed E-state index contributed by atoms with van der Waals surface area (Å²) in [6, 6.07) is 10.3. The molecule has 1 aromatic heterocycles. The van der Waals surface area contributed by atoms with E-state index in [0.29, 0.717) is 39.5 Å². The molecule has 0 saturated heterocycles. The Kier molecular flexibility index (Phi) is 5.09. The minimum atomic E-state index is -0.425. The average molecular weight is 374 g/mol. The van der Waals surface area contributed by atoms with Crippen molar-refractivity contribution in [3.63, 3.8) is 0 Å². The molecule has 7 nitrogen and oxygen atoms in total. The summed E-state index contributed by atoms with van der Waals surface area (Å²) in [6.07, 6.45) is 0. The maximum atomic E-state index is 11.7. The van der Waals surface area contributed by atoms with Gasteiger partial charge in [0.25, 0.3) is 0 Å². The first-order chi connectivity index (χ1) is 12.5. The maximum absolute atomic E-state index is 11.7.